The third kappa shape index (κ3) is 3.43. The molecular formula is C13H20N6S. The zero-order valence-corrected chi connectivity index (χ0v) is 12.7. The lowest BCUT2D eigenvalue weighted by Gasteiger charge is -2.17. The normalized spacial score (nSPS) is 12.4. The Labute approximate surface area is 122 Å². The number of hydrogen-bond donors (Lipinski definition) is 3. The molecule has 108 valence electrons. The first kappa shape index (κ1) is 14.7. The van der Waals surface area contributed by atoms with Crippen molar-refractivity contribution in [3.63, 3.8) is 0 Å². The van der Waals surface area contributed by atoms with E-state index >= 15 is 0 Å². The Morgan fingerprint density at radius 2 is 2.05 bits per heavy atom. The van der Waals surface area contributed by atoms with Gasteiger partial charge in [-0.05, 0) is 6.42 Å². The van der Waals surface area contributed by atoms with Gasteiger partial charge in [-0.2, -0.15) is 0 Å². The average molecular weight is 292 g/mol. The van der Waals surface area contributed by atoms with Crippen LogP contribution in [0.4, 0.5) is 11.6 Å². The molecule has 0 radical (unpaired) electrons. The molecule has 0 aliphatic rings. The number of thiazole rings is 1. The van der Waals surface area contributed by atoms with Crippen molar-refractivity contribution in [3.8, 4) is 0 Å². The molecule has 2 aromatic heterocycles. The average Bonchev–Trinajstić information content (AvgIpc) is 2.98. The summed E-state index contributed by atoms with van der Waals surface area (Å²) >= 11 is 1.64. The van der Waals surface area contributed by atoms with Gasteiger partial charge in [0.05, 0.1) is 6.04 Å². The number of nitrogen functional groups attached to an aromatic ring is 1. The molecule has 4 N–H and O–H groups in total. The van der Waals surface area contributed by atoms with Crippen LogP contribution < -0.4 is 16.6 Å². The van der Waals surface area contributed by atoms with Crippen molar-refractivity contribution in [2.45, 2.75) is 39.2 Å². The summed E-state index contributed by atoms with van der Waals surface area (Å²) in [6.07, 6.45) is 2.75. The third-order valence-electron chi connectivity index (χ3n) is 2.89. The number of nitrogens with one attached hydrogen (secondary N) is 2. The van der Waals surface area contributed by atoms with Gasteiger partial charge in [0.25, 0.3) is 0 Å². The molecule has 0 aliphatic heterocycles. The molecule has 1 unspecified atom stereocenters. The molecule has 7 heteroatoms. The van der Waals surface area contributed by atoms with Crippen molar-refractivity contribution in [2.24, 2.45) is 5.84 Å². The molecule has 0 saturated heterocycles. The third-order valence-corrected chi connectivity index (χ3v) is 3.78. The predicted octanol–water partition coefficient (Wildman–Crippen LogP) is 2.91. The first-order valence-electron chi connectivity index (χ1n) is 6.65. The maximum atomic E-state index is 5.47. The molecule has 0 aromatic carbocycles. The number of hydrazine groups is 1. The fraction of sp³-hybridized carbons (Fsp3) is 0.462. The van der Waals surface area contributed by atoms with E-state index in [9.17, 15) is 0 Å². The van der Waals surface area contributed by atoms with Crippen LogP contribution in [0.1, 0.15) is 50.0 Å². The molecule has 0 amide bonds. The van der Waals surface area contributed by atoms with Gasteiger partial charge in [0.1, 0.15) is 22.5 Å². The van der Waals surface area contributed by atoms with Gasteiger partial charge in [-0.15, -0.1) is 11.3 Å². The van der Waals surface area contributed by atoms with Gasteiger partial charge in [0, 0.05) is 23.6 Å². The molecule has 20 heavy (non-hydrogen) atoms. The Balaban J connectivity index is 2.25. The zero-order chi connectivity index (χ0) is 14.5. The van der Waals surface area contributed by atoms with E-state index in [1.54, 1.807) is 11.3 Å². The minimum absolute atomic E-state index is 0.149. The van der Waals surface area contributed by atoms with E-state index in [1.165, 1.54) is 0 Å². The van der Waals surface area contributed by atoms with E-state index in [2.05, 4.69) is 46.5 Å². The van der Waals surface area contributed by atoms with Crippen LogP contribution in [0, 0.1) is 0 Å². The number of nitrogens with two attached hydrogens (primary N) is 1. The lowest BCUT2D eigenvalue weighted by Crippen LogP contribution is -2.15. The summed E-state index contributed by atoms with van der Waals surface area (Å²) in [5.74, 6) is 7.84. The van der Waals surface area contributed by atoms with E-state index in [-0.39, 0.29) is 12.0 Å². The second-order valence-corrected chi connectivity index (χ2v) is 5.70. The van der Waals surface area contributed by atoms with Gasteiger partial charge in [-0.25, -0.2) is 20.8 Å². The summed E-state index contributed by atoms with van der Waals surface area (Å²) in [7, 11) is 0. The van der Waals surface area contributed by atoms with Crippen molar-refractivity contribution >= 4 is 23.0 Å². The van der Waals surface area contributed by atoms with Gasteiger partial charge in [0.2, 0.25) is 0 Å². The molecule has 2 aromatic rings. The van der Waals surface area contributed by atoms with E-state index in [0.717, 1.165) is 23.1 Å². The summed E-state index contributed by atoms with van der Waals surface area (Å²) in [5, 5.41) is 6.44. The Hall–Kier alpha value is -1.73. The highest BCUT2D eigenvalue weighted by Gasteiger charge is 2.14. The zero-order valence-electron chi connectivity index (χ0n) is 11.9. The molecular weight excluding hydrogens is 272 g/mol. The van der Waals surface area contributed by atoms with Crippen LogP contribution >= 0.6 is 11.3 Å². The van der Waals surface area contributed by atoms with Crippen LogP contribution in [0.15, 0.2) is 17.6 Å². The quantitative estimate of drug-likeness (QED) is 0.560. The minimum Gasteiger partial charge on any atom is -0.361 e. The van der Waals surface area contributed by atoms with Crippen molar-refractivity contribution in [1.82, 2.24) is 15.0 Å². The van der Waals surface area contributed by atoms with E-state index in [4.69, 9.17) is 5.84 Å². The maximum absolute atomic E-state index is 5.47. The molecule has 1 atom stereocenters. The molecule has 0 fully saturated rings. The van der Waals surface area contributed by atoms with Gasteiger partial charge < -0.3 is 10.7 Å². The molecule has 2 heterocycles. The van der Waals surface area contributed by atoms with E-state index in [1.807, 2.05) is 17.6 Å². The highest BCUT2D eigenvalue weighted by Crippen LogP contribution is 2.25. The SMILES string of the molecule is CCC(Nc1cc(NN)nc(C(C)C)n1)c1nccs1. The Bertz CT molecular complexity index is 540. The van der Waals surface area contributed by atoms with Gasteiger partial charge in [-0.3, -0.25) is 0 Å². The van der Waals surface area contributed by atoms with E-state index in [0.29, 0.717) is 5.82 Å². The Morgan fingerprint density at radius 1 is 1.30 bits per heavy atom. The number of rotatable bonds is 6. The first-order valence-corrected chi connectivity index (χ1v) is 7.53. The summed E-state index contributed by atoms with van der Waals surface area (Å²) < 4.78 is 0. The van der Waals surface area contributed by atoms with Crippen molar-refractivity contribution < 1.29 is 0 Å². The van der Waals surface area contributed by atoms with Crippen molar-refractivity contribution in [2.75, 3.05) is 10.7 Å². The van der Waals surface area contributed by atoms with Crippen molar-refractivity contribution in [3.05, 3.63) is 28.5 Å². The van der Waals surface area contributed by atoms with Crippen LogP contribution in [0.5, 0.6) is 0 Å². The van der Waals surface area contributed by atoms with Crippen molar-refractivity contribution in [1.29, 1.82) is 0 Å². The number of hydrogen-bond acceptors (Lipinski definition) is 7. The first-order chi connectivity index (χ1) is 9.63. The lowest BCUT2D eigenvalue weighted by atomic mass is 10.2. The Morgan fingerprint density at radius 3 is 2.60 bits per heavy atom. The summed E-state index contributed by atoms with van der Waals surface area (Å²) in [5.41, 5.74) is 2.58. The number of nitrogens with zero attached hydrogens (tertiary/aromatic N) is 3. The number of aromatic nitrogens is 3. The van der Waals surface area contributed by atoms with Crippen LogP contribution in [-0.2, 0) is 0 Å². The fourth-order valence-corrected chi connectivity index (χ4v) is 2.57. The van der Waals surface area contributed by atoms with Gasteiger partial charge in [0.15, 0.2) is 0 Å². The van der Waals surface area contributed by atoms with Crippen LogP contribution in [0.2, 0.25) is 0 Å². The highest BCUT2D eigenvalue weighted by atomic mass is 32.1. The second kappa shape index (κ2) is 6.62. The molecule has 0 spiro atoms. The Kier molecular flexibility index (Phi) is 4.86. The minimum atomic E-state index is 0.149. The molecule has 2 rings (SSSR count). The fourth-order valence-electron chi connectivity index (χ4n) is 1.80. The molecule has 6 nitrogen and oxygen atoms in total. The maximum Gasteiger partial charge on any atom is 0.145 e. The number of anilines is 2. The summed E-state index contributed by atoms with van der Waals surface area (Å²) in [4.78, 5) is 13.2. The molecule has 0 aliphatic carbocycles. The van der Waals surface area contributed by atoms with Gasteiger partial charge >= 0.3 is 0 Å². The van der Waals surface area contributed by atoms with Crippen LogP contribution in [-0.4, -0.2) is 15.0 Å². The second-order valence-electron chi connectivity index (χ2n) is 4.77. The molecule has 0 bridgehead atoms. The lowest BCUT2D eigenvalue weighted by molar-refractivity contribution is 0.726. The molecule has 0 saturated carbocycles. The van der Waals surface area contributed by atoms with Gasteiger partial charge in [-0.1, -0.05) is 20.8 Å². The largest absolute Gasteiger partial charge is 0.361 e. The predicted molar refractivity (Wildman–Crippen MR) is 82.7 cm³/mol. The highest BCUT2D eigenvalue weighted by molar-refractivity contribution is 7.09. The standard InChI is InChI=1S/C13H20N6S/c1-4-9(13-15-5-6-20-13)16-10-7-11(19-14)18-12(17-10)8(2)3/h5-9H,4,14H2,1-3H3,(H2,16,17,18,19). The monoisotopic (exact) mass is 292 g/mol. The van der Waals surface area contributed by atoms with E-state index < -0.39 is 0 Å². The smallest absolute Gasteiger partial charge is 0.145 e. The van der Waals surface area contributed by atoms with Crippen LogP contribution in [0.25, 0.3) is 0 Å². The summed E-state index contributed by atoms with van der Waals surface area (Å²) in [6, 6.07) is 1.96. The van der Waals surface area contributed by atoms with Crippen LogP contribution in [0.3, 0.4) is 0 Å². The topological polar surface area (TPSA) is 88.8 Å². The summed E-state index contributed by atoms with van der Waals surface area (Å²) in [6.45, 7) is 6.22.